The highest BCUT2D eigenvalue weighted by molar-refractivity contribution is 6.06. The molecule has 0 radical (unpaired) electrons. The summed E-state index contributed by atoms with van der Waals surface area (Å²) in [6.45, 7) is 4.47. The van der Waals surface area contributed by atoms with E-state index < -0.39 is 11.5 Å². The van der Waals surface area contributed by atoms with E-state index in [1.807, 2.05) is 24.5 Å². The lowest BCUT2D eigenvalue weighted by Gasteiger charge is -2.30. The molecule has 1 saturated carbocycles. The molecule has 1 N–H and O–H groups in total. The zero-order valence-electron chi connectivity index (χ0n) is 16.1. The van der Waals surface area contributed by atoms with Crippen LogP contribution in [0.25, 0.3) is 11.0 Å². The Morgan fingerprint density at radius 1 is 1.11 bits per heavy atom. The molecule has 1 atom stereocenters. The van der Waals surface area contributed by atoms with Gasteiger partial charge in [0.05, 0.1) is 42.0 Å². The molecule has 2 aliphatic rings. The average molecular weight is 369 g/mol. The van der Waals surface area contributed by atoms with Crippen molar-refractivity contribution in [2.75, 3.05) is 6.54 Å². The van der Waals surface area contributed by atoms with E-state index >= 15 is 0 Å². The van der Waals surface area contributed by atoms with Crippen LogP contribution in [-0.4, -0.2) is 44.0 Å². The van der Waals surface area contributed by atoms with E-state index in [0.29, 0.717) is 13.0 Å². The summed E-state index contributed by atoms with van der Waals surface area (Å²) in [7, 11) is 0. The zero-order valence-corrected chi connectivity index (χ0v) is 16.1. The minimum Gasteiger partial charge on any atom is -0.389 e. The fourth-order valence-electron chi connectivity index (χ4n) is 4.62. The summed E-state index contributed by atoms with van der Waals surface area (Å²) in [5.74, 6) is -0.212. The van der Waals surface area contributed by atoms with Gasteiger partial charge in [0.25, 0.3) is 0 Å². The van der Waals surface area contributed by atoms with Gasteiger partial charge in [-0.1, -0.05) is 19.3 Å². The Bertz CT molecular complexity index is 895. The van der Waals surface area contributed by atoms with E-state index in [1.165, 1.54) is 16.0 Å². The van der Waals surface area contributed by atoms with Crippen molar-refractivity contribution in [1.29, 1.82) is 0 Å². The van der Waals surface area contributed by atoms with Gasteiger partial charge in [0.2, 0.25) is 11.8 Å². The molecular weight excluding hydrogens is 342 g/mol. The third kappa shape index (κ3) is 3.16. The summed E-state index contributed by atoms with van der Waals surface area (Å²) >= 11 is 0. The van der Waals surface area contributed by atoms with Crippen LogP contribution >= 0.6 is 0 Å². The number of carbonyl (C=O) groups is 2. The third-order valence-corrected chi connectivity index (χ3v) is 6.34. The first-order chi connectivity index (χ1) is 12.9. The largest absolute Gasteiger partial charge is 0.389 e. The summed E-state index contributed by atoms with van der Waals surface area (Å²) in [4.78, 5) is 31.1. The number of aliphatic hydroxyl groups excluding tert-OH is 1. The highest BCUT2D eigenvalue weighted by Crippen LogP contribution is 2.45. The number of hydrogen-bond donors (Lipinski definition) is 1. The molecule has 0 bridgehead atoms. The van der Waals surface area contributed by atoms with E-state index in [-0.39, 0.29) is 18.4 Å². The Labute approximate surface area is 159 Å². The standard InChI is InChI=1S/C21H27N3O3/c1-14-8-17-18(9-15(14)2)23(13-22-17)11-16(25)12-24-19(26)10-21(20(24)27)6-4-3-5-7-21/h8-9,13,16,25H,3-7,10-12H2,1-2H3/t16-/m1/s1. The van der Waals surface area contributed by atoms with Crippen molar-refractivity contribution >= 4 is 22.8 Å². The van der Waals surface area contributed by atoms with Crippen molar-refractivity contribution in [3.63, 3.8) is 0 Å². The van der Waals surface area contributed by atoms with Crippen molar-refractivity contribution < 1.29 is 14.7 Å². The molecular formula is C21H27N3O3. The molecule has 6 heteroatoms. The number of aliphatic hydroxyl groups is 1. The second kappa shape index (κ2) is 6.75. The number of amides is 2. The van der Waals surface area contributed by atoms with Crippen LogP contribution in [0, 0.1) is 19.3 Å². The van der Waals surface area contributed by atoms with Crippen molar-refractivity contribution in [3.8, 4) is 0 Å². The van der Waals surface area contributed by atoms with Crippen LogP contribution in [0.3, 0.4) is 0 Å². The zero-order chi connectivity index (χ0) is 19.2. The fraction of sp³-hybridized carbons (Fsp3) is 0.571. The number of carbonyl (C=O) groups excluding carboxylic acids is 2. The third-order valence-electron chi connectivity index (χ3n) is 6.34. The predicted molar refractivity (Wildman–Crippen MR) is 102 cm³/mol. The molecule has 1 saturated heterocycles. The fourth-order valence-corrected chi connectivity index (χ4v) is 4.62. The van der Waals surface area contributed by atoms with Gasteiger partial charge in [0.15, 0.2) is 0 Å². The second-order valence-electron chi connectivity index (χ2n) is 8.30. The molecule has 144 valence electrons. The maximum atomic E-state index is 12.9. The molecule has 0 unspecified atom stereocenters. The quantitative estimate of drug-likeness (QED) is 0.841. The summed E-state index contributed by atoms with van der Waals surface area (Å²) in [6, 6.07) is 4.10. The van der Waals surface area contributed by atoms with Gasteiger partial charge in [0, 0.05) is 6.42 Å². The van der Waals surface area contributed by atoms with Gasteiger partial charge in [-0.25, -0.2) is 4.98 Å². The summed E-state index contributed by atoms with van der Waals surface area (Å²) in [5.41, 5.74) is 3.70. The lowest BCUT2D eigenvalue weighted by Crippen LogP contribution is -2.41. The van der Waals surface area contributed by atoms with Crippen molar-refractivity contribution in [3.05, 3.63) is 29.6 Å². The smallest absolute Gasteiger partial charge is 0.235 e. The maximum absolute atomic E-state index is 12.9. The number of rotatable bonds is 4. The van der Waals surface area contributed by atoms with E-state index in [9.17, 15) is 14.7 Å². The minimum atomic E-state index is -0.810. The first-order valence-electron chi connectivity index (χ1n) is 9.85. The minimum absolute atomic E-state index is 0.0595. The van der Waals surface area contributed by atoms with E-state index in [4.69, 9.17) is 0 Å². The van der Waals surface area contributed by atoms with Crippen LogP contribution in [-0.2, 0) is 16.1 Å². The highest BCUT2D eigenvalue weighted by Gasteiger charge is 2.51. The van der Waals surface area contributed by atoms with E-state index in [2.05, 4.69) is 11.1 Å². The van der Waals surface area contributed by atoms with E-state index in [1.54, 1.807) is 6.33 Å². The topological polar surface area (TPSA) is 75.4 Å². The van der Waals surface area contributed by atoms with Crippen LogP contribution in [0.15, 0.2) is 18.5 Å². The van der Waals surface area contributed by atoms with Crippen LogP contribution in [0.2, 0.25) is 0 Å². The van der Waals surface area contributed by atoms with Crippen molar-refractivity contribution in [2.24, 2.45) is 5.41 Å². The Hall–Kier alpha value is -2.21. The molecule has 2 heterocycles. The number of likely N-dealkylation sites (tertiary alicyclic amines) is 1. The van der Waals surface area contributed by atoms with Crippen LogP contribution in [0.1, 0.15) is 49.7 Å². The number of imidazole rings is 1. The number of fused-ring (bicyclic) bond motifs is 1. The van der Waals surface area contributed by atoms with E-state index in [0.717, 1.165) is 43.1 Å². The van der Waals surface area contributed by atoms with Gasteiger partial charge in [-0.3, -0.25) is 14.5 Å². The first kappa shape index (κ1) is 18.2. The van der Waals surface area contributed by atoms with Gasteiger partial charge in [-0.15, -0.1) is 0 Å². The Morgan fingerprint density at radius 2 is 1.81 bits per heavy atom. The number of imide groups is 1. The highest BCUT2D eigenvalue weighted by atomic mass is 16.3. The van der Waals surface area contributed by atoms with Gasteiger partial charge in [-0.2, -0.15) is 0 Å². The molecule has 2 fully saturated rings. The van der Waals surface area contributed by atoms with Gasteiger partial charge >= 0.3 is 0 Å². The Balaban J connectivity index is 1.48. The number of aryl methyl sites for hydroxylation is 2. The summed E-state index contributed by atoms with van der Waals surface area (Å²) < 4.78 is 1.90. The van der Waals surface area contributed by atoms with Gasteiger partial charge in [0.1, 0.15) is 0 Å². The molecule has 2 aromatic rings. The van der Waals surface area contributed by atoms with Crippen LogP contribution < -0.4 is 0 Å². The normalized spacial score (nSPS) is 20.8. The van der Waals surface area contributed by atoms with Gasteiger partial charge < -0.3 is 9.67 Å². The molecule has 1 aromatic carbocycles. The molecule has 4 rings (SSSR count). The Morgan fingerprint density at radius 3 is 2.56 bits per heavy atom. The molecule has 1 aliphatic heterocycles. The molecule has 1 aliphatic carbocycles. The summed E-state index contributed by atoms with van der Waals surface area (Å²) in [5, 5.41) is 10.6. The maximum Gasteiger partial charge on any atom is 0.235 e. The molecule has 27 heavy (non-hydrogen) atoms. The molecule has 2 amide bonds. The lowest BCUT2D eigenvalue weighted by molar-refractivity contribution is -0.143. The van der Waals surface area contributed by atoms with Crippen molar-refractivity contribution in [2.45, 2.75) is 65.0 Å². The first-order valence-corrected chi connectivity index (χ1v) is 9.85. The number of β-amino-alcohol motifs (C(OH)–C–C–N with tert-alkyl or cyclic N) is 1. The monoisotopic (exact) mass is 369 g/mol. The molecule has 1 aromatic heterocycles. The SMILES string of the molecule is Cc1cc2ncn(C[C@@H](O)CN3C(=O)CC4(CCCCC4)C3=O)c2cc1C. The lowest BCUT2D eigenvalue weighted by atomic mass is 9.73. The Kier molecular flexibility index (Phi) is 4.54. The molecule has 6 nitrogen and oxygen atoms in total. The average Bonchev–Trinajstić information content (AvgIpc) is 3.10. The predicted octanol–water partition coefficient (Wildman–Crippen LogP) is 2.72. The van der Waals surface area contributed by atoms with Crippen LogP contribution in [0.4, 0.5) is 0 Å². The molecule has 1 spiro atoms. The second-order valence-corrected chi connectivity index (χ2v) is 8.30. The number of benzene rings is 1. The number of nitrogens with zero attached hydrogens (tertiary/aromatic N) is 3. The van der Waals surface area contributed by atoms with Crippen LogP contribution in [0.5, 0.6) is 0 Å². The number of hydrogen-bond acceptors (Lipinski definition) is 4. The number of aromatic nitrogens is 2. The van der Waals surface area contributed by atoms with Gasteiger partial charge in [-0.05, 0) is 49.9 Å². The summed E-state index contributed by atoms with van der Waals surface area (Å²) in [6.07, 6.45) is 5.97. The van der Waals surface area contributed by atoms with Crippen molar-refractivity contribution in [1.82, 2.24) is 14.5 Å².